The number of hydrogen-bond acceptors (Lipinski definition) is 5. The lowest BCUT2D eigenvalue weighted by Crippen LogP contribution is -2.39. The van der Waals surface area contributed by atoms with Crippen LogP contribution in [0.5, 0.6) is 0 Å². The van der Waals surface area contributed by atoms with E-state index in [4.69, 9.17) is 5.73 Å². The molecule has 0 aliphatic carbocycles. The summed E-state index contributed by atoms with van der Waals surface area (Å²) in [6.07, 6.45) is -4.79. The van der Waals surface area contributed by atoms with Gasteiger partial charge >= 0.3 is 6.18 Å². The van der Waals surface area contributed by atoms with E-state index in [2.05, 4.69) is 21.0 Å². The second kappa shape index (κ2) is 10.4. The monoisotopic (exact) mass is 488 g/mol. The Kier molecular flexibility index (Phi) is 7.55. The number of alkyl halides is 3. The Morgan fingerprint density at radius 3 is 2.46 bits per heavy atom. The van der Waals surface area contributed by atoms with Crippen molar-refractivity contribution in [3.8, 4) is 5.69 Å². The summed E-state index contributed by atoms with van der Waals surface area (Å²) in [4.78, 5) is 36.3. The minimum Gasteiger partial charge on any atom is -0.366 e. The van der Waals surface area contributed by atoms with Crippen molar-refractivity contribution in [2.45, 2.75) is 25.7 Å². The average Bonchev–Trinajstić information content (AvgIpc) is 3.29. The second-order valence-electron chi connectivity index (χ2n) is 7.62. The maximum Gasteiger partial charge on any atom is 0.435 e. The average molecular weight is 488 g/mol. The van der Waals surface area contributed by atoms with Crippen LogP contribution >= 0.6 is 0 Å². The van der Waals surface area contributed by atoms with Gasteiger partial charge in [0, 0.05) is 23.9 Å². The van der Waals surface area contributed by atoms with Gasteiger partial charge in [0.05, 0.1) is 11.7 Å². The number of nitrogens with zero attached hydrogens (tertiary/aromatic N) is 2. The van der Waals surface area contributed by atoms with E-state index in [-0.39, 0.29) is 35.1 Å². The highest BCUT2D eigenvalue weighted by Crippen LogP contribution is 2.30. The molecule has 0 spiro atoms. The Hall–Kier alpha value is -4.19. The van der Waals surface area contributed by atoms with Gasteiger partial charge in [-0.05, 0) is 49.9 Å². The number of anilines is 1. The first-order chi connectivity index (χ1) is 16.5. The maximum atomic E-state index is 13.4. The summed E-state index contributed by atoms with van der Waals surface area (Å²) in [7, 11) is 1.64. The van der Waals surface area contributed by atoms with Crippen LogP contribution in [0.15, 0.2) is 54.6 Å². The third kappa shape index (κ3) is 6.23. The largest absolute Gasteiger partial charge is 0.435 e. The molecular formula is C23H23F3N6O3. The lowest BCUT2D eigenvalue weighted by molar-refractivity contribution is -0.141. The molecule has 2 aromatic carbocycles. The van der Waals surface area contributed by atoms with Gasteiger partial charge in [-0.1, -0.05) is 18.2 Å². The molecule has 1 atom stereocenters. The number of nitrogens with one attached hydrogen (secondary N) is 3. The fraction of sp³-hybridized carbons (Fsp3) is 0.217. The lowest BCUT2D eigenvalue weighted by atomic mass is 10.2. The number of rotatable bonds is 8. The van der Waals surface area contributed by atoms with Gasteiger partial charge in [-0.25, -0.2) is 4.68 Å². The molecular weight excluding hydrogens is 465 g/mol. The molecule has 12 heteroatoms. The van der Waals surface area contributed by atoms with Crippen molar-refractivity contribution in [1.82, 2.24) is 20.4 Å². The van der Waals surface area contributed by atoms with Crippen LogP contribution in [0, 0.1) is 0 Å². The second-order valence-corrected chi connectivity index (χ2v) is 7.62. The summed E-state index contributed by atoms with van der Waals surface area (Å²) in [5.74, 6) is -1.86. The molecule has 0 aliphatic heterocycles. The van der Waals surface area contributed by atoms with Gasteiger partial charge in [-0.2, -0.15) is 18.3 Å². The predicted molar refractivity (Wildman–Crippen MR) is 122 cm³/mol. The number of hydrogen-bond donors (Lipinski definition) is 4. The molecule has 0 aliphatic rings. The number of primary amides is 1. The van der Waals surface area contributed by atoms with Crippen molar-refractivity contribution < 1.29 is 27.6 Å². The normalized spacial score (nSPS) is 12.1. The van der Waals surface area contributed by atoms with Crippen LogP contribution in [-0.4, -0.2) is 40.6 Å². The first-order valence-corrected chi connectivity index (χ1v) is 10.4. The van der Waals surface area contributed by atoms with E-state index in [0.29, 0.717) is 11.6 Å². The van der Waals surface area contributed by atoms with Gasteiger partial charge in [-0.15, -0.1) is 0 Å². The summed E-state index contributed by atoms with van der Waals surface area (Å²) in [5, 5.41) is 11.6. The molecule has 3 aromatic rings. The van der Waals surface area contributed by atoms with Gasteiger partial charge in [0.15, 0.2) is 5.69 Å². The lowest BCUT2D eigenvalue weighted by Gasteiger charge is -2.13. The fourth-order valence-electron chi connectivity index (χ4n) is 3.10. The Balaban J connectivity index is 1.93. The van der Waals surface area contributed by atoms with Crippen molar-refractivity contribution in [1.29, 1.82) is 0 Å². The van der Waals surface area contributed by atoms with E-state index in [1.807, 2.05) is 0 Å². The highest BCUT2D eigenvalue weighted by atomic mass is 19.4. The number of carbonyl (C=O) groups is 3. The minimum absolute atomic E-state index is 0.119. The van der Waals surface area contributed by atoms with Crippen molar-refractivity contribution in [2.75, 3.05) is 12.4 Å². The number of likely N-dealkylation sites (N-methyl/N-ethyl adjacent to an activating group) is 1. The molecule has 184 valence electrons. The van der Waals surface area contributed by atoms with Gasteiger partial charge in [0.25, 0.3) is 5.91 Å². The van der Waals surface area contributed by atoms with E-state index in [1.54, 1.807) is 26.1 Å². The molecule has 0 bridgehead atoms. The highest BCUT2D eigenvalue weighted by molar-refractivity contribution is 6.04. The van der Waals surface area contributed by atoms with Crippen LogP contribution in [0.4, 0.5) is 18.9 Å². The molecule has 0 unspecified atom stereocenters. The SMILES string of the molecule is CN[C@@H](C)C(=O)NCc1cccc(-n2nc(C(F)(F)F)cc2C(=O)Nc2cccc(C(N)=O)c2)c1. The number of nitrogens with two attached hydrogens (primary N) is 1. The Labute approximate surface area is 198 Å². The van der Waals surface area contributed by atoms with E-state index in [0.717, 1.165) is 4.68 Å². The predicted octanol–water partition coefficient (Wildman–Crippen LogP) is 2.47. The highest BCUT2D eigenvalue weighted by Gasteiger charge is 2.36. The fourth-order valence-corrected chi connectivity index (χ4v) is 3.10. The Morgan fingerprint density at radius 1 is 1.09 bits per heavy atom. The van der Waals surface area contributed by atoms with Crippen LogP contribution in [-0.2, 0) is 17.5 Å². The zero-order valence-electron chi connectivity index (χ0n) is 18.8. The molecule has 1 heterocycles. The van der Waals surface area contributed by atoms with Crippen LogP contribution in [0.25, 0.3) is 5.69 Å². The Bertz CT molecular complexity index is 1260. The third-order valence-electron chi connectivity index (χ3n) is 5.09. The Morgan fingerprint density at radius 2 is 1.80 bits per heavy atom. The molecule has 5 N–H and O–H groups in total. The number of benzene rings is 2. The van der Waals surface area contributed by atoms with E-state index < -0.39 is 29.7 Å². The van der Waals surface area contributed by atoms with E-state index >= 15 is 0 Å². The zero-order valence-corrected chi connectivity index (χ0v) is 18.8. The number of carbonyl (C=O) groups excluding carboxylic acids is 3. The molecule has 3 rings (SSSR count). The summed E-state index contributed by atoms with van der Waals surface area (Å²) in [6.45, 7) is 1.80. The molecule has 0 radical (unpaired) electrons. The number of amides is 3. The minimum atomic E-state index is -4.79. The van der Waals surface area contributed by atoms with Crippen LogP contribution < -0.4 is 21.7 Å². The zero-order chi connectivity index (χ0) is 25.8. The summed E-state index contributed by atoms with van der Waals surface area (Å²) in [5.41, 5.74) is 4.66. The van der Waals surface area contributed by atoms with Crippen molar-refractivity contribution in [2.24, 2.45) is 5.73 Å². The van der Waals surface area contributed by atoms with E-state index in [1.165, 1.54) is 36.4 Å². The summed E-state index contributed by atoms with van der Waals surface area (Å²) < 4.78 is 41.1. The van der Waals surface area contributed by atoms with Gasteiger partial charge in [0.2, 0.25) is 11.8 Å². The van der Waals surface area contributed by atoms with Gasteiger partial charge < -0.3 is 21.7 Å². The van der Waals surface area contributed by atoms with Crippen molar-refractivity contribution >= 4 is 23.4 Å². The first kappa shape index (κ1) is 25.4. The quantitative estimate of drug-likeness (QED) is 0.387. The molecule has 9 nitrogen and oxygen atoms in total. The summed E-state index contributed by atoms with van der Waals surface area (Å²) >= 11 is 0. The maximum absolute atomic E-state index is 13.4. The molecule has 0 saturated heterocycles. The molecule has 0 fully saturated rings. The van der Waals surface area contributed by atoms with Gasteiger partial charge in [0.1, 0.15) is 5.69 Å². The van der Waals surface area contributed by atoms with Crippen LogP contribution in [0.3, 0.4) is 0 Å². The smallest absolute Gasteiger partial charge is 0.366 e. The van der Waals surface area contributed by atoms with Crippen LogP contribution in [0.2, 0.25) is 0 Å². The van der Waals surface area contributed by atoms with Gasteiger partial charge in [-0.3, -0.25) is 14.4 Å². The van der Waals surface area contributed by atoms with Crippen molar-refractivity contribution in [3.63, 3.8) is 0 Å². The van der Waals surface area contributed by atoms with Crippen molar-refractivity contribution in [3.05, 3.63) is 77.1 Å². The molecule has 35 heavy (non-hydrogen) atoms. The topological polar surface area (TPSA) is 131 Å². The molecule has 0 saturated carbocycles. The molecule has 1 aromatic heterocycles. The number of halogens is 3. The third-order valence-corrected chi connectivity index (χ3v) is 5.09. The number of aromatic nitrogens is 2. The molecule has 3 amide bonds. The van der Waals surface area contributed by atoms with Crippen LogP contribution in [0.1, 0.15) is 39.0 Å². The standard InChI is InChI=1S/C23H23F3N6O3/c1-13(28-2)21(34)29-12-14-5-3-8-17(9-14)32-18(11-19(31-32)23(24,25)26)22(35)30-16-7-4-6-15(10-16)20(27)33/h3-11,13,28H,12H2,1-2H3,(H2,27,33)(H,29,34)(H,30,35)/t13-/m0/s1. The summed E-state index contributed by atoms with van der Waals surface area (Å²) in [6, 6.07) is 12.1. The van der Waals surface area contributed by atoms with E-state index in [9.17, 15) is 27.6 Å². The first-order valence-electron chi connectivity index (χ1n) is 10.4.